The van der Waals surface area contributed by atoms with Gasteiger partial charge in [-0.3, -0.25) is 4.79 Å². The van der Waals surface area contributed by atoms with Gasteiger partial charge in [-0.1, -0.05) is 15.9 Å². The molecule has 1 fully saturated rings. The Morgan fingerprint density at radius 2 is 2.14 bits per heavy atom. The van der Waals surface area contributed by atoms with Crippen molar-refractivity contribution in [1.82, 2.24) is 5.32 Å². The topological polar surface area (TPSA) is 98.5 Å². The number of benzene rings is 1. The van der Waals surface area contributed by atoms with Crippen LogP contribution in [0.15, 0.2) is 21.5 Å². The second-order valence-corrected chi connectivity index (χ2v) is 7.45. The third-order valence-corrected chi connectivity index (χ3v) is 5.42. The molecule has 0 bridgehead atoms. The van der Waals surface area contributed by atoms with Crippen LogP contribution in [0.5, 0.6) is 0 Å². The number of carbonyl (C=O) groups excluding carboxylic acids is 1. The van der Waals surface area contributed by atoms with Crippen molar-refractivity contribution in [2.45, 2.75) is 37.3 Å². The fourth-order valence-corrected chi connectivity index (χ4v) is 3.67. The van der Waals surface area contributed by atoms with E-state index in [2.05, 4.69) is 21.2 Å². The third-order valence-electron chi connectivity index (χ3n) is 3.56. The van der Waals surface area contributed by atoms with Gasteiger partial charge in [0.2, 0.25) is 10.0 Å². The summed E-state index contributed by atoms with van der Waals surface area (Å²) in [5.74, 6) is -0.344. The normalized spacial score (nSPS) is 22.3. The van der Waals surface area contributed by atoms with E-state index < -0.39 is 10.0 Å². The molecule has 0 saturated carbocycles. The van der Waals surface area contributed by atoms with E-state index >= 15 is 0 Å². The zero-order chi connectivity index (χ0) is 15.8. The fourth-order valence-electron chi connectivity index (χ4n) is 2.25. The molecule has 1 saturated heterocycles. The monoisotopic (exact) mass is 376 g/mol. The average Bonchev–Trinajstić information content (AvgIpc) is 2.76. The van der Waals surface area contributed by atoms with Gasteiger partial charge >= 0.3 is 0 Å². The molecular formula is C13H17BrN2O4S. The van der Waals surface area contributed by atoms with E-state index in [4.69, 9.17) is 9.88 Å². The molecule has 0 spiro atoms. The number of halogens is 1. The van der Waals surface area contributed by atoms with Gasteiger partial charge in [-0.2, -0.15) is 0 Å². The molecule has 1 heterocycles. The molecule has 2 unspecified atom stereocenters. The predicted molar refractivity (Wildman–Crippen MR) is 81.5 cm³/mol. The Bertz CT molecular complexity index is 675. The minimum Gasteiger partial charge on any atom is -0.376 e. The lowest BCUT2D eigenvalue weighted by atomic mass is 10.1. The van der Waals surface area contributed by atoms with Gasteiger partial charge in [0.25, 0.3) is 5.91 Å². The van der Waals surface area contributed by atoms with E-state index in [0.29, 0.717) is 16.6 Å². The van der Waals surface area contributed by atoms with Crippen LogP contribution in [0.3, 0.4) is 0 Å². The lowest BCUT2D eigenvalue weighted by Gasteiger charge is -2.17. The number of hydrogen-bond acceptors (Lipinski definition) is 4. The number of sulfonamides is 1. The number of primary sulfonamides is 1. The molecule has 0 radical (unpaired) electrons. The summed E-state index contributed by atoms with van der Waals surface area (Å²) in [6, 6.07) is 2.81. The first kappa shape index (κ1) is 16.4. The SMILES string of the molecule is Cc1c(Br)cc(C(=O)NC2CCOC2C)cc1S(N)(=O)=O. The number of rotatable bonds is 3. The maximum Gasteiger partial charge on any atom is 0.251 e. The highest BCUT2D eigenvalue weighted by atomic mass is 79.9. The van der Waals surface area contributed by atoms with Crippen molar-refractivity contribution in [3.63, 3.8) is 0 Å². The molecule has 1 aromatic carbocycles. The van der Waals surface area contributed by atoms with Crippen LogP contribution in [-0.2, 0) is 14.8 Å². The molecule has 21 heavy (non-hydrogen) atoms. The van der Waals surface area contributed by atoms with Crippen molar-refractivity contribution in [3.8, 4) is 0 Å². The number of amides is 1. The standard InChI is InChI=1S/C13H17BrN2O4S/c1-7-10(14)5-9(6-12(7)21(15,18)19)13(17)16-11-3-4-20-8(11)2/h5-6,8,11H,3-4H2,1-2H3,(H,16,17)(H2,15,18,19). The molecule has 0 aliphatic carbocycles. The molecule has 1 amide bonds. The summed E-state index contributed by atoms with van der Waals surface area (Å²) >= 11 is 3.26. The third kappa shape index (κ3) is 3.63. The van der Waals surface area contributed by atoms with E-state index in [1.807, 2.05) is 6.92 Å². The van der Waals surface area contributed by atoms with Gasteiger partial charge in [-0.15, -0.1) is 0 Å². The van der Waals surface area contributed by atoms with Crippen LogP contribution in [0.2, 0.25) is 0 Å². The van der Waals surface area contributed by atoms with Crippen LogP contribution in [0, 0.1) is 6.92 Å². The van der Waals surface area contributed by atoms with E-state index in [9.17, 15) is 13.2 Å². The predicted octanol–water partition coefficient (Wildman–Crippen LogP) is 1.31. The number of hydrogen-bond donors (Lipinski definition) is 2. The second-order valence-electron chi connectivity index (χ2n) is 5.07. The molecule has 1 aliphatic rings. The minimum atomic E-state index is -3.88. The van der Waals surface area contributed by atoms with Gasteiger partial charge in [0.05, 0.1) is 17.0 Å². The molecular weight excluding hydrogens is 360 g/mol. The maximum absolute atomic E-state index is 12.3. The van der Waals surface area contributed by atoms with Crippen molar-refractivity contribution in [3.05, 3.63) is 27.7 Å². The molecule has 2 rings (SSSR count). The van der Waals surface area contributed by atoms with Crippen LogP contribution in [0.1, 0.15) is 29.3 Å². The summed E-state index contributed by atoms with van der Waals surface area (Å²) < 4.78 is 29.1. The maximum atomic E-state index is 12.3. The van der Waals surface area contributed by atoms with Gasteiger partial charge in [0, 0.05) is 16.6 Å². The summed E-state index contributed by atoms with van der Waals surface area (Å²) in [4.78, 5) is 12.2. The highest BCUT2D eigenvalue weighted by molar-refractivity contribution is 9.10. The zero-order valence-corrected chi connectivity index (χ0v) is 14.1. The Hall–Kier alpha value is -0.960. The van der Waals surface area contributed by atoms with Gasteiger partial charge in [0.1, 0.15) is 0 Å². The fraction of sp³-hybridized carbons (Fsp3) is 0.462. The van der Waals surface area contributed by atoms with Crippen LogP contribution in [0.4, 0.5) is 0 Å². The molecule has 8 heteroatoms. The lowest BCUT2D eigenvalue weighted by Crippen LogP contribution is -2.39. The summed E-state index contributed by atoms with van der Waals surface area (Å²) in [7, 11) is -3.88. The van der Waals surface area contributed by atoms with E-state index in [-0.39, 0.29) is 28.5 Å². The molecule has 1 aromatic rings. The first-order chi connectivity index (χ1) is 9.70. The number of carbonyl (C=O) groups is 1. The van der Waals surface area contributed by atoms with Crippen molar-refractivity contribution in [2.75, 3.05) is 6.61 Å². The van der Waals surface area contributed by atoms with Crippen molar-refractivity contribution in [2.24, 2.45) is 5.14 Å². The lowest BCUT2D eigenvalue weighted by molar-refractivity contribution is 0.0866. The van der Waals surface area contributed by atoms with Crippen LogP contribution in [0.25, 0.3) is 0 Å². The smallest absolute Gasteiger partial charge is 0.251 e. The van der Waals surface area contributed by atoms with Gasteiger partial charge in [0.15, 0.2) is 0 Å². The molecule has 2 atom stereocenters. The molecule has 1 aliphatic heterocycles. The Balaban J connectivity index is 2.32. The zero-order valence-electron chi connectivity index (χ0n) is 11.7. The minimum absolute atomic E-state index is 0.0550. The van der Waals surface area contributed by atoms with Gasteiger partial charge in [-0.25, -0.2) is 13.6 Å². The Labute approximate surface area is 132 Å². The summed E-state index contributed by atoms with van der Waals surface area (Å²) in [5.41, 5.74) is 0.724. The second kappa shape index (κ2) is 6.04. The summed E-state index contributed by atoms with van der Waals surface area (Å²) in [6.45, 7) is 4.11. The summed E-state index contributed by atoms with van der Waals surface area (Å²) in [6.07, 6.45) is 0.683. The van der Waals surface area contributed by atoms with Crippen LogP contribution < -0.4 is 10.5 Å². The van der Waals surface area contributed by atoms with Crippen molar-refractivity contribution < 1.29 is 17.9 Å². The molecule has 3 N–H and O–H groups in total. The first-order valence-corrected chi connectivity index (χ1v) is 8.79. The average molecular weight is 377 g/mol. The van der Waals surface area contributed by atoms with Crippen LogP contribution >= 0.6 is 15.9 Å². The highest BCUT2D eigenvalue weighted by Gasteiger charge is 2.27. The van der Waals surface area contributed by atoms with Gasteiger partial charge in [-0.05, 0) is 38.0 Å². The molecule has 116 valence electrons. The van der Waals surface area contributed by atoms with E-state index in [1.165, 1.54) is 6.07 Å². The molecule has 6 nitrogen and oxygen atoms in total. The Morgan fingerprint density at radius 1 is 1.48 bits per heavy atom. The van der Waals surface area contributed by atoms with Gasteiger partial charge < -0.3 is 10.1 Å². The Kier molecular flexibility index (Phi) is 4.72. The summed E-state index contributed by atoms with van der Waals surface area (Å²) in [5, 5.41) is 8.03. The van der Waals surface area contributed by atoms with E-state index in [0.717, 1.165) is 6.42 Å². The largest absolute Gasteiger partial charge is 0.376 e. The first-order valence-electron chi connectivity index (χ1n) is 6.45. The quantitative estimate of drug-likeness (QED) is 0.830. The van der Waals surface area contributed by atoms with Crippen molar-refractivity contribution in [1.29, 1.82) is 0 Å². The number of ether oxygens (including phenoxy) is 1. The number of nitrogens with one attached hydrogen (secondary N) is 1. The van der Waals surface area contributed by atoms with Crippen molar-refractivity contribution >= 4 is 31.9 Å². The molecule has 0 aromatic heterocycles. The van der Waals surface area contributed by atoms with E-state index in [1.54, 1.807) is 13.0 Å². The van der Waals surface area contributed by atoms with Crippen LogP contribution in [-0.4, -0.2) is 33.1 Å². The Morgan fingerprint density at radius 3 is 2.67 bits per heavy atom. The number of nitrogens with two attached hydrogens (primary N) is 1. The highest BCUT2D eigenvalue weighted by Crippen LogP contribution is 2.25.